The van der Waals surface area contributed by atoms with E-state index in [1.165, 1.54) is 56.2 Å². The summed E-state index contributed by atoms with van der Waals surface area (Å²) in [6, 6.07) is -4.01. The van der Waals surface area contributed by atoms with Crippen LogP contribution in [0.1, 0.15) is 225 Å². The third-order valence-electron chi connectivity index (χ3n) is 20.1. The zero-order valence-corrected chi connectivity index (χ0v) is 76.3. The fourth-order valence-electron chi connectivity index (χ4n) is 13.0. The number of nitrogens with one attached hydrogen (secondary N) is 2. The highest BCUT2D eigenvalue weighted by molar-refractivity contribution is 7.59. The molecule has 0 bridgehead atoms. The average molecular weight is 1800 g/mol. The number of carbonyl (C=O) groups is 2. The van der Waals surface area contributed by atoms with Gasteiger partial charge >= 0.3 is 0 Å². The van der Waals surface area contributed by atoms with Gasteiger partial charge in [0.25, 0.3) is 31.3 Å². The van der Waals surface area contributed by atoms with Gasteiger partial charge in [-0.05, 0) is 212 Å². The number of hydrogen-bond acceptors (Lipinski definition) is 32. The van der Waals surface area contributed by atoms with E-state index >= 15 is 0 Å². The minimum absolute atomic E-state index is 0.500. The van der Waals surface area contributed by atoms with E-state index in [1.807, 2.05) is 6.92 Å². The number of carbonyl (C=O) groups excluding carboxylic acids is 2. The van der Waals surface area contributed by atoms with Crippen molar-refractivity contribution in [3.05, 3.63) is 128 Å². The van der Waals surface area contributed by atoms with Crippen LogP contribution in [-0.2, 0) is 83.0 Å². The topological polar surface area (TPSA) is 532 Å². The van der Waals surface area contributed by atoms with Crippen molar-refractivity contribution in [1.82, 2.24) is 10.6 Å². The van der Waals surface area contributed by atoms with E-state index in [4.69, 9.17) is 37.3 Å². The number of ether oxygens (including phenoxy) is 5. The van der Waals surface area contributed by atoms with E-state index in [2.05, 4.69) is 159 Å². The Morgan fingerprint density at radius 1 is 0.372 bits per heavy atom. The highest BCUT2D eigenvalue weighted by Gasteiger charge is 2.54. The molecular weight excluding hydrogens is 1660 g/mol. The highest BCUT2D eigenvalue weighted by Crippen LogP contribution is 2.57. The molecule has 12 N–H and O–H groups in total. The van der Waals surface area contributed by atoms with Crippen LogP contribution in [0.15, 0.2) is 128 Å². The molecule has 0 radical (unpaired) electrons. The summed E-state index contributed by atoms with van der Waals surface area (Å²) in [5, 5.41) is 108. The summed E-state index contributed by atoms with van der Waals surface area (Å²) >= 11 is 0. The maximum atomic E-state index is 13.2. The highest BCUT2D eigenvalue weighted by atomic mass is 31.3. The first-order valence-corrected chi connectivity index (χ1v) is 47.1. The molecule has 0 aromatic rings. The molecule has 3 fully saturated rings. The van der Waals surface area contributed by atoms with Gasteiger partial charge in [-0.3, -0.25) is 32.4 Å². The lowest BCUT2D eigenvalue weighted by atomic mass is 9.94. The Kier molecular flexibility index (Phi) is 53.0. The van der Waals surface area contributed by atoms with E-state index in [0.717, 1.165) is 135 Å². The molecule has 3 rings (SSSR count). The molecule has 34 nitrogen and oxygen atoms in total. The Morgan fingerprint density at radius 3 is 1.07 bits per heavy atom. The summed E-state index contributed by atoms with van der Waals surface area (Å²) in [6.07, 6.45) is 15.1. The first kappa shape index (κ1) is 111. The maximum absolute atomic E-state index is 13.2. The molecule has 3 saturated heterocycles. The van der Waals surface area contributed by atoms with Crippen LogP contribution in [0.3, 0.4) is 0 Å². The van der Waals surface area contributed by atoms with Crippen LogP contribution in [0.5, 0.6) is 0 Å². The lowest BCUT2D eigenvalue weighted by molar-refractivity contribution is -0.333. The molecule has 0 aromatic heterocycles. The van der Waals surface area contributed by atoms with Crippen molar-refractivity contribution in [2.75, 3.05) is 52.9 Å². The molecule has 0 saturated carbocycles. The molecule has 3 aliphatic heterocycles. The number of aliphatic hydroxyl groups is 10. The average Bonchev–Trinajstić information content (AvgIpc) is 0.760. The van der Waals surface area contributed by atoms with Crippen LogP contribution in [0.4, 0.5) is 0 Å². The summed E-state index contributed by atoms with van der Waals surface area (Å²) in [5.74, 6) is -1.94. The number of phosphoric ester groups is 4. The molecule has 121 heavy (non-hydrogen) atoms. The number of amides is 2. The van der Waals surface area contributed by atoms with Crippen molar-refractivity contribution >= 4 is 43.1 Å². The molecule has 2 amide bonds. The Balaban J connectivity index is 1.42. The summed E-state index contributed by atoms with van der Waals surface area (Å²) in [6.45, 7) is 19.2. The van der Waals surface area contributed by atoms with Crippen molar-refractivity contribution in [2.45, 2.75) is 330 Å². The van der Waals surface area contributed by atoms with Gasteiger partial charge in [-0.25, -0.2) is 4.31 Å². The second-order valence-corrected chi connectivity index (χ2v) is 37.4. The zero-order chi connectivity index (χ0) is 90.8. The Bertz CT molecular complexity index is 3700. The predicted octanol–water partition coefficient (Wildman–Crippen LogP) is 8.67. The van der Waals surface area contributed by atoms with Gasteiger partial charge in [-0.15, -0.1) is 0 Å². The van der Waals surface area contributed by atoms with Crippen molar-refractivity contribution < 1.29 is 154 Å². The second kappa shape index (κ2) is 57.7. The standard InChI is InChI=1S/C83H142N2O32P4/c1-54(2)25-15-26-55(3)27-16-28-56(4)29-17-30-57(5)31-18-32-58(6)33-19-34-59(7)35-20-36-60(8)37-21-38-61(9)39-22-40-62(10)41-23-42-63(11)43-24-44-64(12)45-46-106-120(102,103)117-121(104,105)116-82-73(85-66(14)91)75(94)79(70(49-88)113-82)114-81-72(84-65(13)90)76(95)80(71(50-89)112-81)115-119(100,101)108-52-67(92)51-107-118(98,99)109-53-68(47-86)110-83-78(97)77(96)74(93)69(48-87)111-83/h25,27,29,31,33,35,37,39,41,43,45,67-83,86-89,92-97H,15-24,26,28,30,32,34,36,38,40,42,44,46-53H2,1-14H3,(H,84,90)(H,85,91)(H,98,99)(H,100,101)(H,102,103)(H,104,105)/p-4/b55-27+,56-29+,57-31-,58-33-,59-35-,60-37-,61-39-,62-41-,63-43-,64-45-/t67-,68-,69-,70-,71-,72-,73-,74-,75-,76-,77+,78-,79-,80-,81+,82-,83+/m1/s1. The minimum atomic E-state index is -6.13. The first-order chi connectivity index (χ1) is 56.8. The third kappa shape index (κ3) is 46.0. The van der Waals surface area contributed by atoms with Gasteiger partial charge in [-0.1, -0.05) is 128 Å². The van der Waals surface area contributed by atoms with Gasteiger partial charge in [0.1, 0.15) is 85.3 Å². The Labute approximate surface area is 714 Å². The van der Waals surface area contributed by atoms with Gasteiger partial charge in [0, 0.05) is 13.8 Å². The summed E-state index contributed by atoms with van der Waals surface area (Å²) in [7, 11) is -23.2. The van der Waals surface area contributed by atoms with Crippen LogP contribution >= 0.6 is 31.3 Å². The van der Waals surface area contributed by atoms with E-state index in [0.29, 0.717) is 18.4 Å². The second-order valence-electron chi connectivity index (χ2n) is 31.7. The molecule has 0 spiro atoms. The van der Waals surface area contributed by atoms with Gasteiger partial charge in [0.2, 0.25) is 11.8 Å². The number of rotatable bonds is 58. The molecule has 696 valence electrons. The Hall–Kier alpha value is -4.04. The van der Waals surface area contributed by atoms with Gasteiger partial charge < -0.3 is 128 Å². The molecule has 0 aromatic carbocycles. The lowest BCUT2D eigenvalue weighted by Gasteiger charge is -2.49. The van der Waals surface area contributed by atoms with Gasteiger partial charge in [-0.2, -0.15) is 0 Å². The van der Waals surface area contributed by atoms with Crippen LogP contribution in [0.25, 0.3) is 0 Å². The summed E-state index contributed by atoms with van der Waals surface area (Å²) in [4.78, 5) is 76.7. The number of phosphoric acid groups is 4. The van der Waals surface area contributed by atoms with E-state index in [9.17, 15) is 98.5 Å². The van der Waals surface area contributed by atoms with Crippen LogP contribution in [0, 0.1) is 0 Å². The molecule has 3 aliphatic rings. The first-order valence-electron chi connectivity index (χ1n) is 41.3. The molecule has 21 atom stereocenters. The van der Waals surface area contributed by atoms with Crippen molar-refractivity contribution in [1.29, 1.82) is 0 Å². The zero-order valence-electron chi connectivity index (χ0n) is 72.7. The van der Waals surface area contributed by atoms with Crippen molar-refractivity contribution in [3.8, 4) is 0 Å². The molecule has 4 unspecified atom stereocenters. The summed E-state index contributed by atoms with van der Waals surface area (Å²) < 4.78 is 112. The molecule has 38 heteroatoms. The monoisotopic (exact) mass is 1800 g/mol. The van der Waals surface area contributed by atoms with Gasteiger partial charge in [0.05, 0.1) is 52.9 Å². The van der Waals surface area contributed by atoms with Crippen LogP contribution < -0.4 is 30.2 Å². The van der Waals surface area contributed by atoms with Crippen LogP contribution in [-0.4, -0.2) is 220 Å². The predicted molar refractivity (Wildman–Crippen MR) is 446 cm³/mol. The molecule has 3 heterocycles. The fraction of sp³-hybridized carbons (Fsp3) is 0.711. The Morgan fingerprint density at radius 2 is 0.702 bits per heavy atom. The third-order valence-corrected chi connectivity index (χ3v) is 24.5. The normalized spacial score (nSPS) is 27.5. The fourth-order valence-corrected chi connectivity index (χ4v) is 16.7. The largest absolute Gasteiger partial charge is 0.756 e. The quantitative estimate of drug-likeness (QED) is 0.0200. The van der Waals surface area contributed by atoms with Crippen molar-refractivity contribution in [2.24, 2.45) is 0 Å². The van der Waals surface area contributed by atoms with E-state index in [1.54, 1.807) is 6.92 Å². The molecule has 0 aliphatic carbocycles. The number of aliphatic hydroxyl groups excluding tert-OH is 10. The number of allylic oxidation sites excluding steroid dienone is 21. The van der Waals surface area contributed by atoms with E-state index < -0.39 is 200 Å². The van der Waals surface area contributed by atoms with Gasteiger partial charge in [0.15, 0.2) is 18.9 Å². The van der Waals surface area contributed by atoms with Crippen LogP contribution in [0.2, 0.25) is 0 Å². The number of hydrogen-bond donors (Lipinski definition) is 12. The SMILES string of the molecule is CC(=O)N[C@H]1[C@@H](OP(=O)([O-])OP(=O)([O-])OC/C=C(/C)CC/C=C(/C)CC/C=C(/C)CC/C=C(/C)CC/C=C(/C)CC/C=C(/C)CC/C=C(/C)CC/C=C(/C)CC/C=C(\C)CC/C=C(\C)CCC=C(C)C)O[C@H](CO)[C@@H](O[C@@H]2O[C@H](CO)[C@@H](OP(=O)([O-])OC[C@H](O)COP(=O)([O-])OC[C@@H](CO)O[C@H]3O[C@H](CO)[C@@H](O)[C@H](O)[C@H]3O)[C@H](O)[C@H]2NC(C)=O)[C@@H]1O. The smallest absolute Gasteiger partial charge is 0.276 e. The van der Waals surface area contributed by atoms with E-state index in [-0.39, 0.29) is 0 Å². The summed E-state index contributed by atoms with van der Waals surface area (Å²) in [5.41, 5.74) is 14.7. The maximum Gasteiger partial charge on any atom is 0.276 e. The minimum Gasteiger partial charge on any atom is -0.756 e. The molecular formula is C83H138N2O32P4-4. The van der Waals surface area contributed by atoms with Crippen molar-refractivity contribution in [3.63, 3.8) is 0 Å². The lowest BCUT2D eigenvalue weighted by Crippen LogP contribution is -2.69.